The highest BCUT2D eigenvalue weighted by Gasteiger charge is 2.05. The summed E-state index contributed by atoms with van der Waals surface area (Å²) in [7, 11) is 0. The van der Waals surface area contributed by atoms with Crippen LogP contribution >= 0.6 is 0 Å². The number of rotatable bonds is 6. The van der Waals surface area contributed by atoms with E-state index in [0.717, 1.165) is 6.08 Å². The molecule has 0 aliphatic carbocycles. The Hall–Kier alpha value is -2.10. The SMILES string of the molecule is C=CC(=O)OCC(=O)COc1ccccc1. The molecule has 0 bridgehead atoms. The quantitative estimate of drug-likeness (QED) is 0.536. The molecule has 0 unspecified atom stereocenters. The lowest BCUT2D eigenvalue weighted by Gasteiger charge is -2.04. The fraction of sp³-hybridized carbons (Fsp3) is 0.167. The van der Waals surface area contributed by atoms with Crippen molar-refractivity contribution in [3.05, 3.63) is 43.0 Å². The predicted molar refractivity (Wildman–Crippen MR) is 58.1 cm³/mol. The van der Waals surface area contributed by atoms with Gasteiger partial charge in [0.1, 0.15) is 12.4 Å². The lowest BCUT2D eigenvalue weighted by Crippen LogP contribution is -2.19. The maximum atomic E-state index is 11.2. The van der Waals surface area contributed by atoms with Crippen molar-refractivity contribution < 1.29 is 19.1 Å². The first-order chi connectivity index (χ1) is 7.72. The Kier molecular flexibility index (Phi) is 4.79. The van der Waals surface area contributed by atoms with Crippen LogP contribution in [0.5, 0.6) is 5.75 Å². The van der Waals surface area contributed by atoms with E-state index in [2.05, 4.69) is 11.3 Å². The van der Waals surface area contributed by atoms with Gasteiger partial charge >= 0.3 is 5.97 Å². The van der Waals surface area contributed by atoms with Gasteiger partial charge in [0.2, 0.25) is 5.78 Å². The first kappa shape index (κ1) is 12.0. The molecule has 0 heterocycles. The zero-order chi connectivity index (χ0) is 11.8. The number of esters is 1. The van der Waals surface area contributed by atoms with Crippen LogP contribution in [0.3, 0.4) is 0 Å². The van der Waals surface area contributed by atoms with Gasteiger partial charge in [-0.25, -0.2) is 4.79 Å². The first-order valence-corrected chi connectivity index (χ1v) is 4.71. The van der Waals surface area contributed by atoms with E-state index in [9.17, 15) is 9.59 Å². The minimum absolute atomic E-state index is 0.117. The molecule has 0 N–H and O–H groups in total. The molecule has 0 spiro atoms. The van der Waals surface area contributed by atoms with Gasteiger partial charge in [0.05, 0.1) is 0 Å². The summed E-state index contributed by atoms with van der Waals surface area (Å²) in [6, 6.07) is 8.93. The maximum absolute atomic E-state index is 11.2. The van der Waals surface area contributed by atoms with Crippen LogP contribution in [0.1, 0.15) is 0 Å². The van der Waals surface area contributed by atoms with Crippen LogP contribution < -0.4 is 4.74 Å². The molecule has 0 radical (unpaired) electrons. The number of Topliss-reactive ketones (excluding diaryl/α,β-unsaturated/α-hetero) is 1. The topological polar surface area (TPSA) is 52.6 Å². The van der Waals surface area contributed by atoms with Gasteiger partial charge in [-0.15, -0.1) is 0 Å². The third kappa shape index (κ3) is 4.41. The summed E-state index contributed by atoms with van der Waals surface area (Å²) in [5.74, 6) is -0.321. The highest BCUT2D eigenvalue weighted by Crippen LogP contribution is 2.07. The second kappa shape index (κ2) is 6.40. The van der Waals surface area contributed by atoms with Crippen molar-refractivity contribution in [2.24, 2.45) is 0 Å². The standard InChI is InChI=1S/C12H12O4/c1-2-12(14)16-9-10(13)8-15-11-6-4-3-5-7-11/h2-7H,1,8-9H2. The third-order valence-corrected chi connectivity index (χ3v) is 1.69. The molecule has 16 heavy (non-hydrogen) atoms. The second-order valence-corrected chi connectivity index (χ2v) is 2.95. The second-order valence-electron chi connectivity index (χ2n) is 2.95. The summed E-state index contributed by atoms with van der Waals surface area (Å²) in [6.07, 6.45) is 1.01. The molecule has 0 fully saturated rings. The normalized spacial score (nSPS) is 9.25. The zero-order valence-electron chi connectivity index (χ0n) is 8.72. The highest BCUT2D eigenvalue weighted by atomic mass is 16.5. The molecule has 84 valence electrons. The molecule has 1 rings (SSSR count). The van der Waals surface area contributed by atoms with Crippen molar-refractivity contribution in [2.75, 3.05) is 13.2 Å². The van der Waals surface area contributed by atoms with Crippen LogP contribution in [0.4, 0.5) is 0 Å². The number of ketones is 1. The van der Waals surface area contributed by atoms with Crippen molar-refractivity contribution in [2.45, 2.75) is 0 Å². The molecule has 0 atom stereocenters. The Morgan fingerprint density at radius 2 is 1.88 bits per heavy atom. The van der Waals surface area contributed by atoms with Crippen molar-refractivity contribution in [1.82, 2.24) is 0 Å². The summed E-state index contributed by atoms with van der Waals surface area (Å²) in [5, 5.41) is 0. The number of para-hydroxylation sites is 1. The van der Waals surface area contributed by atoms with E-state index in [0.29, 0.717) is 5.75 Å². The van der Waals surface area contributed by atoms with Gasteiger partial charge in [0.25, 0.3) is 0 Å². The fourth-order valence-corrected chi connectivity index (χ4v) is 0.933. The van der Waals surface area contributed by atoms with Crippen LogP contribution in [0.15, 0.2) is 43.0 Å². The monoisotopic (exact) mass is 220 g/mol. The third-order valence-electron chi connectivity index (χ3n) is 1.69. The van der Waals surface area contributed by atoms with Crippen molar-refractivity contribution in [3.63, 3.8) is 0 Å². The van der Waals surface area contributed by atoms with Gasteiger partial charge in [-0.2, -0.15) is 0 Å². The first-order valence-electron chi connectivity index (χ1n) is 4.71. The number of ether oxygens (including phenoxy) is 2. The number of carbonyl (C=O) groups excluding carboxylic acids is 2. The molecule has 0 saturated carbocycles. The van der Waals surface area contributed by atoms with Gasteiger partial charge in [0.15, 0.2) is 6.61 Å². The number of benzene rings is 1. The van der Waals surface area contributed by atoms with Crippen LogP contribution in [0.25, 0.3) is 0 Å². The van der Waals surface area contributed by atoms with Gasteiger partial charge in [0, 0.05) is 6.08 Å². The minimum atomic E-state index is -0.618. The lowest BCUT2D eigenvalue weighted by molar-refractivity contribution is -0.143. The van der Waals surface area contributed by atoms with E-state index in [4.69, 9.17) is 4.74 Å². The van der Waals surface area contributed by atoms with Crippen molar-refractivity contribution in [3.8, 4) is 5.75 Å². The molecular formula is C12H12O4. The van der Waals surface area contributed by atoms with E-state index in [1.165, 1.54) is 0 Å². The summed E-state index contributed by atoms with van der Waals surface area (Å²) in [6.45, 7) is 2.80. The van der Waals surface area contributed by atoms with Gasteiger partial charge in [-0.3, -0.25) is 4.79 Å². The van der Waals surface area contributed by atoms with E-state index < -0.39 is 5.97 Å². The fourth-order valence-electron chi connectivity index (χ4n) is 0.933. The molecule has 0 aliphatic heterocycles. The summed E-state index contributed by atoms with van der Waals surface area (Å²) < 4.78 is 9.72. The van der Waals surface area contributed by atoms with E-state index in [1.807, 2.05) is 6.07 Å². The van der Waals surface area contributed by atoms with E-state index in [1.54, 1.807) is 24.3 Å². The van der Waals surface area contributed by atoms with Crippen LogP contribution in [0.2, 0.25) is 0 Å². The van der Waals surface area contributed by atoms with Crippen LogP contribution in [-0.4, -0.2) is 25.0 Å². The molecule has 4 heteroatoms. The van der Waals surface area contributed by atoms with Gasteiger partial charge in [-0.05, 0) is 12.1 Å². The average Bonchev–Trinajstić information content (AvgIpc) is 2.34. The zero-order valence-corrected chi connectivity index (χ0v) is 8.72. The molecule has 1 aromatic rings. The molecule has 0 amide bonds. The average molecular weight is 220 g/mol. The largest absolute Gasteiger partial charge is 0.486 e. The Balaban J connectivity index is 2.25. The summed E-state index contributed by atoms with van der Waals surface area (Å²) in [4.78, 5) is 21.9. The van der Waals surface area contributed by atoms with Gasteiger partial charge in [-0.1, -0.05) is 24.8 Å². The Bertz CT molecular complexity index is 370. The lowest BCUT2D eigenvalue weighted by atomic mass is 10.3. The van der Waals surface area contributed by atoms with Crippen molar-refractivity contribution in [1.29, 1.82) is 0 Å². The molecule has 0 aromatic heterocycles. The summed E-state index contributed by atoms with van der Waals surface area (Å²) >= 11 is 0. The number of hydrogen-bond acceptors (Lipinski definition) is 4. The van der Waals surface area contributed by atoms with Crippen LogP contribution in [-0.2, 0) is 14.3 Å². The van der Waals surface area contributed by atoms with Crippen LogP contribution in [0, 0.1) is 0 Å². The Morgan fingerprint density at radius 1 is 1.19 bits per heavy atom. The van der Waals surface area contributed by atoms with E-state index >= 15 is 0 Å². The molecule has 4 nitrogen and oxygen atoms in total. The molecule has 0 aliphatic rings. The van der Waals surface area contributed by atoms with E-state index in [-0.39, 0.29) is 19.0 Å². The van der Waals surface area contributed by atoms with Gasteiger partial charge < -0.3 is 9.47 Å². The molecule has 0 saturated heterocycles. The highest BCUT2D eigenvalue weighted by molar-refractivity contribution is 5.86. The number of carbonyl (C=O) groups is 2. The summed E-state index contributed by atoms with van der Waals surface area (Å²) in [5.41, 5.74) is 0. The van der Waals surface area contributed by atoms with Crippen molar-refractivity contribution >= 4 is 11.8 Å². The molecular weight excluding hydrogens is 208 g/mol. The minimum Gasteiger partial charge on any atom is -0.486 e. The predicted octanol–water partition coefficient (Wildman–Crippen LogP) is 1.36. The smallest absolute Gasteiger partial charge is 0.330 e. The number of hydrogen-bond donors (Lipinski definition) is 0. The Labute approximate surface area is 93.5 Å². The molecule has 1 aromatic carbocycles. The maximum Gasteiger partial charge on any atom is 0.330 e. The Morgan fingerprint density at radius 3 is 2.50 bits per heavy atom.